The van der Waals surface area contributed by atoms with Crippen LogP contribution in [-0.2, 0) is 19.1 Å². The monoisotopic (exact) mass is 985 g/mol. The number of H-pyrrole nitrogens is 2. The van der Waals surface area contributed by atoms with Crippen molar-refractivity contribution in [3.8, 4) is 0 Å². The third kappa shape index (κ3) is 9.84. The van der Waals surface area contributed by atoms with E-state index in [-0.39, 0.29) is 61.2 Å². The largest absolute Gasteiger partial charge is 0.453 e. The van der Waals surface area contributed by atoms with Crippen molar-refractivity contribution >= 4 is 57.3 Å². The number of aromatic amines is 2. The summed E-state index contributed by atoms with van der Waals surface area (Å²) < 4.78 is 72.8. The number of ketones is 1. The lowest BCUT2D eigenvalue weighted by molar-refractivity contribution is -0.135. The minimum atomic E-state index is -1.32. The number of ether oxygens (including phenoxy) is 2. The smallest absolute Gasteiger partial charge is 0.407 e. The van der Waals surface area contributed by atoms with E-state index < -0.39 is 72.0 Å². The number of methoxy groups -OCH3 is 2. The fourth-order valence-corrected chi connectivity index (χ4v) is 11.5. The number of nitrogens with zero attached hydrogens (tertiary/aromatic N) is 5. The van der Waals surface area contributed by atoms with Crippen LogP contribution in [-0.4, -0.2) is 107 Å². The summed E-state index contributed by atoms with van der Waals surface area (Å²) in [7, 11) is 2.43. The van der Waals surface area contributed by atoms with Crippen LogP contribution >= 0.6 is 0 Å². The number of aromatic nitrogens is 4. The summed E-state index contributed by atoms with van der Waals surface area (Å²) in [5.41, 5.74) is 4.46. The second kappa shape index (κ2) is 20.4. The van der Waals surface area contributed by atoms with Crippen LogP contribution in [0.3, 0.4) is 0 Å². The molecule has 9 rings (SSSR count). The normalized spacial score (nSPS) is 24.6. The molecule has 4 aliphatic rings. The van der Waals surface area contributed by atoms with Gasteiger partial charge >= 0.3 is 12.2 Å². The van der Waals surface area contributed by atoms with Crippen LogP contribution in [0, 0.1) is 29.4 Å². The van der Waals surface area contributed by atoms with Crippen LogP contribution in [0.4, 0.5) is 38.5 Å². The number of imidazole rings is 2. The van der Waals surface area contributed by atoms with Crippen molar-refractivity contribution in [1.82, 2.24) is 35.5 Å². The average Bonchev–Trinajstić information content (AvgIpc) is 4.20. The van der Waals surface area contributed by atoms with Crippen LogP contribution in [0.1, 0.15) is 126 Å². The summed E-state index contributed by atoms with van der Waals surface area (Å²) in [6.07, 6.45) is -0.112. The number of amides is 3. The molecule has 19 heteroatoms. The molecule has 4 fully saturated rings. The predicted octanol–water partition coefficient (Wildman–Crippen LogP) is 9.56. The van der Waals surface area contributed by atoms with E-state index >= 15 is 17.6 Å². The number of alkyl halides is 2. The summed E-state index contributed by atoms with van der Waals surface area (Å²) >= 11 is 0. The van der Waals surface area contributed by atoms with E-state index in [2.05, 4.69) is 20.6 Å². The molecule has 5 aromatic rings. The van der Waals surface area contributed by atoms with Gasteiger partial charge in [0.15, 0.2) is 17.4 Å². The van der Waals surface area contributed by atoms with Gasteiger partial charge in [0.05, 0.1) is 67.0 Å². The lowest BCUT2D eigenvalue weighted by Gasteiger charge is -2.35. The molecule has 0 bridgehead atoms. The Morgan fingerprint density at radius 2 is 1.24 bits per heavy atom. The zero-order valence-corrected chi connectivity index (χ0v) is 40.9. The maximum Gasteiger partial charge on any atom is 0.407 e. The molecule has 71 heavy (non-hydrogen) atoms. The van der Waals surface area contributed by atoms with Crippen LogP contribution < -0.4 is 20.4 Å². The number of alkyl carbamates (subject to hydrolysis) is 2. The summed E-state index contributed by atoms with van der Waals surface area (Å²) in [5, 5.41) is 5.23. The number of benzene rings is 3. The maximum absolute atomic E-state index is 16.4. The number of hydrogen-bond acceptors (Lipinski definition) is 10. The number of halogens is 4. The van der Waals surface area contributed by atoms with E-state index in [0.29, 0.717) is 65.3 Å². The van der Waals surface area contributed by atoms with Gasteiger partial charge in [-0.2, -0.15) is 0 Å². The highest BCUT2D eigenvalue weighted by atomic mass is 19.1. The summed E-state index contributed by atoms with van der Waals surface area (Å²) in [6, 6.07) is 11.0. The molecule has 9 atom stereocenters. The number of nitrogens with one attached hydrogen (secondary N) is 4. The molecule has 15 nitrogen and oxygen atoms in total. The van der Waals surface area contributed by atoms with E-state index in [1.54, 1.807) is 18.7 Å². The Bertz CT molecular complexity index is 2620. The molecule has 0 radical (unpaired) electrons. The number of hydrogen-bond donors (Lipinski definition) is 4. The first-order valence-corrected chi connectivity index (χ1v) is 24.9. The molecule has 1 saturated carbocycles. The van der Waals surface area contributed by atoms with Crippen molar-refractivity contribution in [2.75, 3.05) is 43.7 Å². The van der Waals surface area contributed by atoms with Gasteiger partial charge in [0, 0.05) is 37.0 Å². The fraction of sp³-hybridized carbons (Fsp3) is 0.538. The maximum atomic E-state index is 16.4. The topological polar surface area (TPSA) is 178 Å². The Hall–Kier alpha value is -6.40. The Kier molecular flexibility index (Phi) is 14.2. The zero-order valence-electron chi connectivity index (χ0n) is 40.9. The molecule has 3 aromatic carbocycles. The summed E-state index contributed by atoms with van der Waals surface area (Å²) in [4.78, 5) is 74.0. The van der Waals surface area contributed by atoms with Gasteiger partial charge < -0.3 is 44.8 Å². The van der Waals surface area contributed by atoms with Crippen molar-refractivity contribution in [2.24, 2.45) is 17.8 Å². The number of carbonyl (C=O) groups excluding carboxylic acids is 4. The first kappa shape index (κ1) is 49.6. The Morgan fingerprint density at radius 1 is 0.690 bits per heavy atom. The molecule has 3 unspecified atom stereocenters. The number of carbonyl (C=O) groups is 4. The van der Waals surface area contributed by atoms with Gasteiger partial charge in [0.25, 0.3) is 0 Å². The average molecular weight is 986 g/mol. The van der Waals surface area contributed by atoms with Gasteiger partial charge in [0.2, 0.25) is 5.91 Å². The third-order valence-corrected chi connectivity index (χ3v) is 15.1. The SMILES string of the molecule is COC(=O)N[C@H](C(=O)C1C[C@H](F)CC1c1nc2cc([C@H]3CC[C@H](c4ccc5[nH]c(C6C[C@@H](F)CN6C(=O)[C@@H](NC(=O)OC)C(C)C)nc5c4)N3c3cc(F)c(N4CCCCC4)c(F)c3)ccc2[nH]1)C(C)C. The van der Waals surface area contributed by atoms with Gasteiger partial charge in [-0.25, -0.2) is 37.1 Å². The van der Waals surface area contributed by atoms with Crippen LogP contribution in [0.15, 0.2) is 48.5 Å². The van der Waals surface area contributed by atoms with Crippen molar-refractivity contribution < 1.29 is 46.2 Å². The van der Waals surface area contributed by atoms with E-state index in [1.807, 2.05) is 55.1 Å². The first-order valence-electron chi connectivity index (χ1n) is 24.9. The lowest BCUT2D eigenvalue weighted by atomic mass is 9.84. The van der Waals surface area contributed by atoms with Gasteiger partial charge in [-0.3, -0.25) is 9.59 Å². The standard InChI is InChI=1S/C52H63F4N9O6/c1-26(2)44(61-51(68)70-5)47(66)33-20-30(53)21-34(33)48-57-37-12-10-28(18-39(37)59-48)41-14-15-42(65(41)32-23-35(55)46(36(56)24-32)63-16-8-7-9-17-63)29-11-13-38-40(19-29)60-49(58-38)43-22-31(54)25-64(43)50(67)45(27(3)4)62-52(69)71-6/h10-13,18-19,23-24,26-27,30-31,33-34,41-45H,7-9,14-17,20-22,25H2,1-6H3,(H,57,59)(H,58,60)(H,61,68)(H,62,69)/t30-,31+,33?,34?,41+,42+,43?,44-,45-/m0/s1. The Labute approximate surface area is 409 Å². The molecule has 3 amide bonds. The highest BCUT2D eigenvalue weighted by Crippen LogP contribution is 2.49. The zero-order chi connectivity index (χ0) is 50.4. The molecule has 0 spiro atoms. The molecule has 3 saturated heterocycles. The minimum absolute atomic E-state index is 0.00293. The quantitative estimate of drug-likeness (QED) is 0.0831. The lowest BCUT2D eigenvalue weighted by Crippen LogP contribution is -2.51. The highest BCUT2D eigenvalue weighted by Gasteiger charge is 2.46. The molecule has 4 N–H and O–H groups in total. The van der Waals surface area contributed by atoms with E-state index in [1.165, 1.54) is 31.3 Å². The van der Waals surface area contributed by atoms with E-state index in [9.17, 15) is 19.2 Å². The van der Waals surface area contributed by atoms with Gasteiger partial charge in [-0.15, -0.1) is 0 Å². The van der Waals surface area contributed by atoms with Crippen molar-refractivity contribution in [3.05, 3.63) is 82.9 Å². The Balaban J connectivity index is 1.05. The van der Waals surface area contributed by atoms with Crippen molar-refractivity contribution in [1.29, 1.82) is 0 Å². The molecular formula is C52H63F4N9O6. The van der Waals surface area contributed by atoms with Crippen molar-refractivity contribution in [3.63, 3.8) is 0 Å². The van der Waals surface area contributed by atoms with Crippen LogP contribution in [0.25, 0.3) is 22.1 Å². The van der Waals surface area contributed by atoms with Gasteiger partial charge in [-0.05, 0) is 104 Å². The summed E-state index contributed by atoms with van der Waals surface area (Å²) in [6.45, 7) is 8.14. The number of Topliss-reactive ketones (excluding diaryl/α,β-unsaturated/α-hetero) is 1. The molecule has 380 valence electrons. The van der Waals surface area contributed by atoms with E-state index in [4.69, 9.17) is 19.4 Å². The minimum Gasteiger partial charge on any atom is -0.453 e. The van der Waals surface area contributed by atoms with Crippen LogP contribution in [0.2, 0.25) is 0 Å². The second-order valence-electron chi connectivity index (χ2n) is 20.4. The Morgan fingerprint density at radius 3 is 1.80 bits per heavy atom. The first-order chi connectivity index (χ1) is 34.0. The molecule has 5 heterocycles. The fourth-order valence-electron chi connectivity index (χ4n) is 11.5. The number of likely N-dealkylation sites (tertiary alicyclic amines) is 1. The number of rotatable bonds is 13. The third-order valence-electron chi connectivity index (χ3n) is 15.1. The number of piperidine rings is 1. The molecule has 3 aliphatic heterocycles. The van der Waals surface area contributed by atoms with Crippen molar-refractivity contribution in [2.45, 2.75) is 128 Å². The second-order valence-corrected chi connectivity index (χ2v) is 20.4. The van der Waals surface area contributed by atoms with Gasteiger partial charge in [0.1, 0.15) is 35.7 Å². The number of anilines is 2. The van der Waals surface area contributed by atoms with Crippen LogP contribution in [0.5, 0.6) is 0 Å². The van der Waals surface area contributed by atoms with E-state index in [0.717, 1.165) is 30.4 Å². The highest BCUT2D eigenvalue weighted by molar-refractivity contribution is 5.91. The molecular weight excluding hydrogens is 923 g/mol. The summed E-state index contributed by atoms with van der Waals surface area (Å²) in [5.74, 6) is -3.07. The predicted molar refractivity (Wildman–Crippen MR) is 259 cm³/mol. The molecule has 2 aromatic heterocycles. The number of fused-ring (bicyclic) bond motifs is 2. The van der Waals surface area contributed by atoms with Gasteiger partial charge in [-0.1, -0.05) is 39.8 Å². The molecule has 1 aliphatic carbocycles.